The van der Waals surface area contributed by atoms with Crippen LogP contribution in [0, 0.1) is 11.3 Å². The predicted molar refractivity (Wildman–Crippen MR) is 119 cm³/mol. The van der Waals surface area contributed by atoms with Gasteiger partial charge < -0.3 is 14.8 Å². The first-order valence-corrected chi connectivity index (χ1v) is 10.8. The third kappa shape index (κ3) is 4.70. The third-order valence-electron chi connectivity index (χ3n) is 5.57. The Morgan fingerprint density at radius 3 is 2.26 bits per heavy atom. The number of amides is 2. The average Bonchev–Trinajstić information content (AvgIpc) is 3.09. The first-order valence-electron chi connectivity index (χ1n) is 10.8. The maximum Gasteiger partial charge on any atom is 0.272 e. The summed E-state index contributed by atoms with van der Waals surface area (Å²) < 4.78 is 2.02. The lowest BCUT2D eigenvalue weighted by molar-refractivity contribution is -0.141. The van der Waals surface area contributed by atoms with Crippen LogP contribution in [0.5, 0.6) is 0 Å². The molecule has 1 aliphatic rings. The molecule has 7 nitrogen and oxygen atoms in total. The number of ketones is 1. The third-order valence-corrected chi connectivity index (χ3v) is 5.57. The zero-order valence-electron chi connectivity index (χ0n) is 19.2. The molecule has 7 heteroatoms. The summed E-state index contributed by atoms with van der Waals surface area (Å²) >= 11 is 0. The van der Waals surface area contributed by atoms with E-state index in [2.05, 4.69) is 5.32 Å². The van der Waals surface area contributed by atoms with Crippen molar-refractivity contribution in [2.75, 3.05) is 6.54 Å². The topological polar surface area (TPSA) is 84.3 Å². The second kappa shape index (κ2) is 8.65. The highest BCUT2D eigenvalue weighted by atomic mass is 16.2. The van der Waals surface area contributed by atoms with Crippen LogP contribution >= 0.6 is 0 Å². The number of hydrogen-bond donors (Lipinski definition) is 1. The van der Waals surface area contributed by atoms with Gasteiger partial charge in [-0.1, -0.05) is 65.0 Å². The van der Waals surface area contributed by atoms with Crippen LogP contribution in [-0.4, -0.2) is 44.6 Å². The van der Waals surface area contributed by atoms with Crippen LogP contribution in [0.25, 0.3) is 11.4 Å². The highest BCUT2D eigenvalue weighted by Gasteiger charge is 2.34. The van der Waals surface area contributed by atoms with Crippen molar-refractivity contribution in [3.8, 4) is 11.4 Å². The Labute approximate surface area is 183 Å². The number of rotatable bonds is 5. The number of nitrogens with one attached hydrogen (secondary N) is 1. The van der Waals surface area contributed by atoms with E-state index >= 15 is 0 Å². The van der Waals surface area contributed by atoms with Crippen molar-refractivity contribution in [3.05, 3.63) is 41.7 Å². The molecule has 2 heterocycles. The van der Waals surface area contributed by atoms with E-state index in [1.165, 1.54) is 6.92 Å². The van der Waals surface area contributed by atoms with Gasteiger partial charge in [0.05, 0.1) is 18.3 Å². The van der Waals surface area contributed by atoms with Crippen molar-refractivity contribution >= 4 is 17.6 Å². The Morgan fingerprint density at radius 2 is 1.71 bits per heavy atom. The summed E-state index contributed by atoms with van der Waals surface area (Å²) in [6, 6.07) is 9.12. The molecule has 31 heavy (non-hydrogen) atoms. The number of benzene rings is 1. The molecule has 2 aromatic rings. The molecule has 0 spiro atoms. The van der Waals surface area contributed by atoms with Crippen LogP contribution < -0.4 is 5.32 Å². The van der Waals surface area contributed by atoms with E-state index in [0.29, 0.717) is 31.2 Å². The zero-order chi connectivity index (χ0) is 22.9. The van der Waals surface area contributed by atoms with Gasteiger partial charge in [-0.3, -0.25) is 14.4 Å². The van der Waals surface area contributed by atoms with Crippen molar-refractivity contribution in [2.45, 2.75) is 60.7 Å². The molecular formula is C24H32N4O3. The summed E-state index contributed by atoms with van der Waals surface area (Å²) in [5.41, 5.74) is 1.37. The smallest absolute Gasteiger partial charge is 0.272 e. The Bertz CT molecular complexity index is 986. The number of imidazole rings is 1. The largest absolute Gasteiger partial charge is 0.341 e. The fraction of sp³-hybridized carbons (Fsp3) is 0.500. The van der Waals surface area contributed by atoms with Crippen LogP contribution in [0.4, 0.5) is 0 Å². The van der Waals surface area contributed by atoms with Gasteiger partial charge in [0.2, 0.25) is 5.91 Å². The van der Waals surface area contributed by atoms with Crippen LogP contribution in [-0.2, 0) is 22.7 Å². The van der Waals surface area contributed by atoms with Gasteiger partial charge in [-0.25, -0.2) is 4.98 Å². The van der Waals surface area contributed by atoms with E-state index in [0.717, 1.165) is 5.56 Å². The van der Waals surface area contributed by atoms with Crippen LogP contribution in [0.2, 0.25) is 0 Å². The van der Waals surface area contributed by atoms with Crippen molar-refractivity contribution in [1.29, 1.82) is 0 Å². The SMILES string of the molecule is CC(=O)C(NC(=O)c1nc(-c2ccccc2)n2c1CN(C(=O)C(C)(C)C)CC2)C(C)C. The number of carbonyl (C=O) groups excluding carboxylic acids is 3. The monoisotopic (exact) mass is 424 g/mol. The summed E-state index contributed by atoms with van der Waals surface area (Å²) in [4.78, 5) is 44.6. The van der Waals surface area contributed by atoms with Crippen LogP contribution in [0.15, 0.2) is 30.3 Å². The average molecular weight is 425 g/mol. The van der Waals surface area contributed by atoms with Crippen molar-refractivity contribution in [3.63, 3.8) is 0 Å². The van der Waals surface area contributed by atoms with Gasteiger partial charge >= 0.3 is 0 Å². The molecule has 0 fully saturated rings. The minimum atomic E-state index is -0.582. The van der Waals surface area contributed by atoms with Crippen LogP contribution in [0.3, 0.4) is 0 Å². The van der Waals surface area contributed by atoms with Gasteiger partial charge in [0.1, 0.15) is 5.82 Å². The predicted octanol–water partition coefficient (Wildman–Crippen LogP) is 3.28. The first-order chi connectivity index (χ1) is 14.5. The Hall–Kier alpha value is -2.96. The Morgan fingerprint density at radius 1 is 1.06 bits per heavy atom. The number of nitrogens with zero attached hydrogens (tertiary/aromatic N) is 3. The second-order valence-corrected chi connectivity index (χ2v) is 9.53. The van der Waals surface area contributed by atoms with Gasteiger partial charge in [0.15, 0.2) is 11.5 Å². The van der Waals surface area contributed by atoms with Gasteiger partial charge in [-0.2, -0.15) is 0 Å². The minimum absolute atomic E-state index is 0.0348. The number of Topliss-reactive ketones (excluding diaryl/α,β-unsaturated/α-hetero) is 1. The number of hydrogen-bond acceptors (Lipinski definition) is 4. The number of fused-ring (bicyclic) bond motifs is 1. The van der Waals surface area contributed by atoms with Crippen molar-refractivity contribution in [1.82, 2.24) is 19.8 Å². The van der Waals surface area contributed by atoms with Crippen molar-refractivity contribution in [2.24, 2.45) is 11.3 Å². The van der Waals surface area contributed by atoms with Gasteiger partial charge in [0.25, 0.3) is 5.91 Å². The highest BCUT2D eigenvalue weighted by molar-refractivity contribution is 5.98. The summed E-state index contributed by atoms with van der Waals surface area (Å²) in [5, 5.41) is 2.85. The summed E-state index contributed by atoms with van der Waals surface area (Å²) in [6.07, 6.45) is 0. The standard InChI is InChI=1S/C24H32N4O3/c1-15(2)19(16(3)29)26-22(30)20-18-14-27(23(31)24(4,5)6)12-13-28(18)21(25-20)17-10-8-7-9-11-17/h7-11,15,19H,12-14H2,1-6H3,(H,26,30). The molecular weight excluding hydrogens is 392 g/mol. The lowest BCUT2D eigenvalue weighted by Crippen LogP contribution is -2.46. The minimum Gasteiger partial charge on any atom is -0.341 e. The van der Waals surface area contributed by atoms with Gasteiger partial charge in [0, 0.05) is 24.1 Å². The Kier molecular flexibility index (Phi) is 6.34. The van der Waals surface area contributed by atoms with Gasteiger partial charge in [-0.15, -0.1) is 0 Å². The normalized spacial score (nSPS) is 14.9. The molecule has 1 aliphatic heterocycles. The molecule has 1 N–H and O–H groups in total. The molecule has 1 aromatic carbocycles. The lowest BCUT2D eigenvalue weighted by Gasteiger charge is -2.34. The number of carbonyl (C=O) groups is 3. The molecule has 0 bridgehead atoms. The summed E-state index contributed by atoms with van der Waals surface area (Å²) in [5.74, 6) is 0.227. The Balaban J connectivity index is 2.03. The molecule has 1 aromatic heterocycles. The maximum atomic E-state index is 13.2. The van der Waals surface area contributed by atoms with E-state index in [1.807, 2.05) is 69.5 Å². The van der Waals surface area contributed by atoms with E-state index in [1.54, 1.807) is 4.90 Å². The van der Waals surface area contributed by atoms with Gasteiger partial charge in [-0.05, 0) is 12.8 Å². The van der Waals surface area contributed by atoms with Crippen LogP contribution in [0.1, 0.15) is 57.7 Å². The fourth-order valence-corrected chi connectivity index (χ4v) is 3.95. The molecule has 0 saturated carbocycles. The summed E-state index contributed by atoms with van der Waals surface area (Å²) in [6.45, 7) is 12.4. The lowest BCUT2D eigenvalue weighted by atomic mass is 9.94. The fourth-order valence-electron chi connectivity index (χ4n) is 3.95. The van der Waals surface area contributed by atoms with E-state index < -0.39 is 11.5 Å². The molecule has 3 rings (SSSR count). The quantitative estimate of drug-likeness (QED) is 0.798. The number of aromatic nitrogens is 2. The second-order valence-electron chi connectivity index (χ2n) is 9.53. The molecule has 0 saturated heterocycles. The molecule has 0 aliphatic carbocycles. The highest BCUT2D eigenvalue weighted by Crippen LogP contribution is 2.29. The molecule has 2 amide bonds. The van der Waals surface area contributed by atoms with E-state index in [-0.39, 0.29) is 29.2 Å². The molecule has 1 atom stereocenters. The zero-order valence-corrected chi connectivity index (χ0v) is 19.2. The van der Waals surface area contributed by atoms with E-state index in [4.69, 9.17) is 4.98 Å². The molecule has 0 radical (unpaired) electrons. The van der Waals surface area contributed by atoms with E-state index in [9.17, 15) is 14.4 Å². The first kappa shape index (κ1) is 22.7. The molecule has 1 unspecified atom stereocenters. The maximum absolute atomic E-state index is 13.2. The van der Waals surface area contributed by atoms with Crippen molar-refractivity contribution < 1.29 is 14.4 Å². The summed E-state index contributed by atoms with van der Waals surface area (Å²) in [7, 11) is 0. The molecule has 166 valence electrons.